The summed E-state index contributed by atoms with van der Waals surface area (Å²) in [6.07, 6.45) is 2.68. The Morgan fingerprint density at radius 1 is 1.11 bits per heavy atom. The van der Waals surface area contributed by atoms with E-state index in [-0.39, 0.29) is 0 Å². The van der Waals surface area contributed by atoms with Crippen LogP contribution in [0.25, 0.3) is 11.1 Å². The summed E-state index contributed by atoms with van der Waals surface area (Å²) in [4.78, 5) is 23.5. The summed E-state index contributed by atoms with van der Waals surface area (Å²) in [5, 5.41) is 3.59. The first-order valence-corrected chi connectivity index (χ1v) is 5.14. The van der Waals surface area contributed by atoms with Crippen molar-refractivity contribution in [2.24, 2.45) is 0 Å². The molecule has 0 aromatic heterocycles. The second-order valence-electron chi connectivity index (χ2n) is 3.64. The Bertz CT molecular complexity index is 537. The fraction of sp³-hybridized carbons (Fsp3) is 0.250. The fourth-order valence-corrected chi connectivity index (χ4v) is 1.95. The molecule has 18 heavy (non-hydrogen) atoms. The summed E-state index contributed by atoms with van der Waals surface area (Å²) in [5.41, 5.74) is 2.07. The quantitative estimate of drug-likeness (QED) is 0.753. The van der Waals surface area contributed by atoms with Gasteiger partial charge in [-0.25, -0.2) is 9.59 Å². The number of rotatable bonds is 2. The van der Waals surface area contributed by atoms with Crippen molar-refractivity contribution in [2.75, 3.05) is 14.2 Å². The van der Waals surface area contributed by atoms with Crippen LogP contribution in [0.5, 0.6) is 0 Å². The molecule has 0 N–H and O–H groups in total. The highest BCUT2D eigenvalue weighted by Gasteiger charge is 2.30. The van der Waals surface area contributed by atoms with Gasteiger partial charge in [0.15, 0.2) is 0 Å². The lowest BCUT2D eigenvalue weighted by Gasteiger charge is -2.00. The van der Waals surface area contributed by atoms with Crippen LogP contribution in [0.4, 0.5) is 0 Å². The first kappa shape index (κ1) is 12.1. The second kappa shape index (κ2) is 4.48. The monoisotopic (exact) mass is 249 g/mol. The van der Waals surface area contributed by atoms with Gasteiger partial charge in [-0.05, 0) is 12.5 Å². The van der Waals surface area contributed by atoms with Gasteiger partial charge in [0.05, 0.1) is 31.5 Å². The van der Waals surface area contributed by atoms with Gasteiger partial charge in [0.1, 0.15) is 6.26 Å². The Morgan fingerprint density at radius 2 is 1.67 bits per heavy atom. The van der Waals surface area contributed by atoms with Crippen LogP contribution in [0, 0.1) is 6.92 Å². The van der Waals surface area contributed by atoms with E-state index in [9.17, 15) is 9.59 Å². The molecule has 0 aromatic rings. The average Bonchev–Trinajstić information content (AvgIpc) is 2.69. The molecule has 1 aliphatic carbocycles. The first-order chi connectivity index (χ1) is 8.61. The van der Waals surface area contributed by atoms with Crippen molar-refractivity contribution in [3.63, 3.8) is 0 Å². The highest BCUT2D eigenvalue weighted by molar-refractivity contribution is 6.10. The van der Waals surface area contributed by atoms with Crippen molar-refractivity contribution in [2.45, 2.75) is 6.92 Å². The third-order valence-electron chi connectivity index (χ3n) is 2.77. The van der Waals surface area contributed by atoms with E-state index in [1.165, 1.54) is 26.7 Å². The zero-order chi connectivity index (χ0) is 13.3. The van der Waals surface area contributed by atoms with E-state index in [4.69, 9.17) is 14.0 Å². The van der Waals surface area contributed by atoms with Crippen LogP contribution in [0.2, 0.25) is 0 Å². The maximum absolute atomic E-state index is 11.7. The van der Waals surface area contributed by atoms with Crippen LogP contribution in [0.3, 0.4) is 0 Å². The Morgan fingerprint density at radius 3 is 2.22 bits per heavy atom. The van der Waals surface area contributed by atoms with Crippen LogP contribution < -0.4 is 0 Å². The highest BCUT2D eigenvalue weighted by Crippen LogP contribution is 2.36. The van der Waals surface area contributed by atoms with Gasteiger partial charge < -0.3 is 14.0 Å². The maximum Gasteiger partial charge on any atom is 0.338 e. The molecule has 2 rings (SSSR count). The minimum absolute atomic E-state index is 0.291. The molecule has 2 aliphatic rings. The van der Waals surface area contributed by atoms with Crippen molar-refractivity contribution < 1.29 is 23.6 Å². The first-order valence-electron chi connectivity index (χ1n) is 5.14. The number of carbonyl (C=O) groups excluding carboxylic acids is 2. The molecule has 0 aromatic carbocycles. The lowest BCUT2D eigenvalue weighted by Crippen LogP contribution is -2.05. The largest absolute Gasteiger partial charge is 0.465 e. The van der Waals surface area contributed by atoms with Crippen LogP contribution >= 0.6 is 0 Å². The Labute approximate surface area is 103 Å². The van der Waals surface area contributed by atoms with Crippen molar-refractivity contribution >= 4 is 11.9 Å². The summed E-state index contributed by atoms with van der Waals surface area (Å²) in [7, 11) is 2.55. The molecule has 0 bridgehead atoms. The summed E-state index contributed by atoms with van der Waals surface area (Å²) in [6, 6.07) is 0. The number of esters is 2. The fourth-order valence-electron chi connectivity index (χ4n) is 1.95. The van der Waals surface area contributed by atoms with Gasteiger partial charge in [-0.2, -0.15) is 0 Å². The van der Waals surface area contributed by atoms with Gasteiger partial charge in [0, 0.05) is 11.1 Å². The van der Waals surface area contributed by atoms with Crippen molar-refractivity contribution in [3.8, 4) is 11.1 Å². The highest BCUT2D eigenvalue weighted by atomic mass is 16.5. The van der Waals surface area contributed by atoms with E-state index in [1.54, 1.807) is 6.92 Å². The summed E-state index contributed by atoms with van der Waals surface area (Å²) in [5.74, 6) is -1.06. The smallest absolute Gasteiger partial charge is 0.338 e. The van der Waals surface area contributed by atoms with Crippen LogP contribution in [-0.2, 0) is 9.47 Å². The molecule has 0 radical (unpaired) electrons. The number of nitrogens with zero attached hydrogens (tertiary/aromatic N) is 1. The molecular weight excluding hydrogens is 238 g/mol. The normalized spacial score (nSPS) is 10.4. The molecule has 6 nitrogen and oxygen atoms in total. The lowest BCUT2D eigenvalue weighted by atomic mass is 10.1. The number of hydrogen-bond acceptors (Lipinski definition) is 6. The Hall–Kier alpha value is -2.37. The second-order valence-corrected chi connectivity index (χ2v) is 3.64. The zero-order valence-electron chi connectivity index (χ0n) is 10.1. The molecule has 94 valence electrons. The molecule has 0 saturated carbocycles. The van der Waals surface area contributed by atoms with Crippen LogP contribution in [-0.4, -0.2) is 31.3 Å². The number of methoxy groups -OCH3 is 2. The molecule has 0 spiro atoms. The maximum atomic E-state index is 11.7. The van der Waals surface area contributed by atoms with Gasteiger partial charge in [0.2, 0.25) is 0 Å². The van der Waals surface area contributed by atoms with Gasteiger partial charge >= 0.3 is 11.9 Å². The number of ether oxygens (including phenoxy) is 2. The molecule has 1 aliphatic heterocycles. The number of hydrogen-bond donors (Lipinski definition) is 0. The SMILES string of the molecule is COC(=O)c1c2cnocc-2c(C(=O)OC)c1C. The Balaban J connectivity index is 2.77. The van der Waals surface area contributed by atoms with E-state index in [2.05, 4.69) is 5.16 Å². The molecular formula is C12H11NO5. The lowest BCUT2D eigenvalue weighted by molar-refractivity contribution is 0.0599. The summed E-state index contributed by atoms with van der Waals surface area (Å²) >= 11 is 0. The van der Waals surface area contributed by atoms with Crippen molar-refractivity contribution in [3.05, 3.63) is 29.2 Å². The minimum atomic E-state index is -0.533. The van der Waals surface area contributed by atoms with Gasteiger partial charge in [-0.3, -0.25) is 0 Å². The summed E-state index contributed by atoms with van der Waals surface area (Å²) < 4.78 is 14.2. The van der Waals surface area contributed by atoms with E-state index < -0.39 is 11.9 Å². The van der Waals surface area contributed by atoms with E-state index in [1.807, 2.05) is 0 Å². The third kappa shape index (κ3) is 1.62. The average molecular weight is 249 g/mol. The minimum Gasteiger partial charge on any atom is -0.465 e. The van der Waals surface area contributed by atoms with E-state index in [0.717, 1.165) is 0 Å². The van der Waals surface area contributed by atoms with E-state index in [0.29, 0.717) is 27.8 Å². The number of fused-ring (bicyclic) bond motifs is 1. The van der Waals surface area contributed by atoms with E-state index >= 15 is 0 Å². The Kier molecular flexibility index (Phi) is 3.01. The number of aromatic nitrogens is 1. The summed E-state index contributed by atoms with van der Waals surface area (Å²) in [6.45, 7) is 1.65. The molecule has 0 amide bonds. The number of carbonyl (C=O) groups is 2. The molecule has 0 atom stereocenters. The van der Waals surface area contributed by atoms with Crippen molar-refractivity contribution in [1.82, 2.24) is 5.16 Å². The predicted octanol–water partition coefficient (Wildman–Crippen LogP) is 1.66. The standard InChI is InChI=1S/C12H11NO5/c1-6-9(11(14)16-2)7-4-13-18-5-8(7)10(6)12(15)17-3/h4-5H,1-3H3. The van der Waals surface area contributed by atoms with Crippen LogP contribution in [0.1, 0.15) is 26.3 Å². The zero-order valence-corrected chi connectivity index (χ0v) is 10.1. The molecule has 6 heteroatoms. The van der Waals surface area contributed by atoms with Crippen molar-refractivity contribution in [1.29, 1.82) is 0 Å². The van der Waals surface area contributed by atoms with Gasteiger partial charge in [-0.1, -0.05) is 5.16 Å². The molecule has 1 heterocycles. The topological polar surface area (TPSA) is 78.6 Å². The molecule has 0 unspecified atom stereocenters. The van der Waals surface area contributed by atoms with Crippen LogP contribution in [0.15, 0.2) is 17.0 Å². The molecule has 0 saturated heterocycles. The molecule has 0 fully saturated rings. The predicted molar refractivity (Wildman–Crippen MR) is 60.5 cm³/mol. The van der Waals surface area contributed by atoms with Gasteiger partial charge in [0.25, 0.3) is 0 Å². The van der Waals surface area contributed by atoms with Gasteiger partial charge in [-0.15, -0.1) is 0 Å². The third-order valence-corrected chi connectivity index (χ3v) is 2.77.